The van der Waals surface area contributed by atoms with Crippen LogP contribution >= 0.6 is 0 Å². The van der Waals surface area contributed by atoms with E-state index in [9.17, 15) is 4.79 Å². The Morgan fingerprint density at radius 2 is 2.16 bits per heavy atom. The van der Waals surface area contributed by atoms with Crippen LogP contribution in [0.2, 0.25) is 0 Å². The summed E-state index contributed by atoms with van der Waals surface area (Å²) in [4.78, 5) is 23.0. The molecule has 0 saturated heterocycles. The monoisotopic (exact) mass is 341 g/mol. The molecule has 0 radical (unpaired) electrons. The number of hydrogen-bond acceptors (Lipinski definition) is 4. The molecule has 1 unspecified atom stereocenters. The van der Waals surface area contributed by atoms with Gasteiger partial charge >= 0.3 is 6.03 Å². The molecule has 1 fully saturated rings. The maximum absolute atomic E-state index is 12.5. The third-order valence-corrected chi connectivity index (χ3v) is 4.59. The lowest BCUT2D eigenvalue weighted by Gasteiger charge is -2.24. The first kappa shape index (κ1) is 16.1. The molecule has 0 aromatic carbocycles. The van der Waals surface area contributed by atoms with E-state index >= 15 is 0 Å². The van der Waals surface area contributed by atoms with Gasteiger partial charge in [0.1, 0.15) is 5.82 Å². The predicted molar refractivity (Wildman–Crippen MR) is 91.6 cm³/mol. The third-order valence-electron chi connectivity index (χ3n) is 4.59. The topological polar surface area (TPSA) is 72.3 Å². The summed E-state index contributed by atoms with van der Waals surface area (Å²) in [7, 11) is 0. The van der Waals surface area contributed by atoms with Gasteiger partial charge in [-0.05, 0) is 25.0 Å². The summed E-state index contributed by atoms with van der Waals surface area (Å²) in [6.45, 7) is 3.10. The first-order valence-corrected chi connectivity index (χ1v) is 8.81. The number of imidazole rings is 1. The van der Waals surface area contributed by atoms with E-state index in [1.165, 1.54) is 0 Å². The van der Waals surface area contributed by atoms with Gasteiger partial charge in [-0.25, -0.2) is 9.78 Å². The second-order valence-electron chi connectivity index (χ2n) is 6.80. The van der Waals surface area contributed by atoms with Crippen molar-refractivity contribution in [3.8, 4) is 0 Å². The van der Waals surface area contributed by atoms with Gasteiger partial charge < -0.3 is 19.5 Å². The lowest BCUT2D eigenvalue weighted by molar-refractivity contribution is 0.0701. The number of fused-ring (bicyclic) bond motifs is 1. The Labute approximate surface area is 147 Å². The van der Waals surface area contributed by atoms with E-state index in [-0.39, 0.29) is 11.9 Å². The Morgan fingerprint density at radius 1 is 1.24 bits per heavy atom. The highest BCUT2D eigenvalue weighted by atomic mass is 16.5. The van der Waals surface area contributed by atoms with Gasteiger partial charge in [-0.3, -0.25) is 4.98 Å². The van der Waals surface area contributed by atoms with Gasteiger partial charge in [0.05, 0.1) is 25.5 Å². The van der Waals surface area contributed by atoms with E-state index < -0.39 is 0 Å². The van der Waals surface area contributed by atoms with Crippen molar-refractivity contribution >= 4 is 6.03 Å². The molecular formula is C18H23N5O2. The largest absolute Gasteiger partial charge is 0.375 e. The van der Waals surface area contributed by atoms with Crippen LogP contribution in [0.4, 0.5) is 4.79 Å². The number of ether oxygens (including phenoxy) is 1. The molecule has 2 aromatic rings. The minimum atomic E-state index is 0.00803. The van der Waals surface area contributed by atoms with Crippen LogP contribution in [0.1, 0.15) is 24.4 Å². The Kier molecular flexibility index (Phi) is 4.65. The Morgan fingerprint density at radius 3 is 2.96 bits per heavy atom. The smallest absolute Gasteiger partial charge is 0.318 e. The van der Waals surface area contributed by atoms with Crippen LogP contribution in [0.25, 0.3) is 0 Å². The first-order chi connectivity index (χ1) is 12.3. The molecule has 25 heavy (non-hydrogen) atoms. The number of pyridine rings is 1. The molecule has 7 heteroatoms. The van der Waals surface area contributed by atoms with Crippen LogP contribution in [-0.4, -0.2) is 44.7 Å². The molecule has 1 atom stereocenters. The summed E-state index contributed by atoms with van der Waals surface area (Å²) in [5.41, 5.74) is 0.919. The van der Waals surface area contributed by atoms with Gasteiger partial charge in [0.2, 0.25) is 0 Å². The highest BCUT2D eigenvalue weighted by Gasteiger charge is 2.29. The molecule has 1 aliphatic heterocycles. The summed E-state index contributed by atoms with van der Waals surface area (Å²) < 4.78 is 8.00. The summed E-state index contributed by atoms with van der Waals surface area (Å²) in [6, 6.07) is 6.17. The molecule has 2 aromatic heterocycles. The summed E-state index contributed by atoms with van der Waals surface area (Å²) in [5.74, 6) is 1.15. The quantitative estimate of drug-likeness (QED) is 0.900. The predicted octanol–water partition coefficient (Wildman–Crippen LogP) is 1.80. The molecular weight excluding hydrogens is 318 g/mol. The van der Waals surface area contributed by atoms with Crippen molar-refractivity contribution in [2.75, 3.05) is 13.2 Å². The van der Waals surface area contributed by atoms with Crippen molar-refractivity contribution in [2.24, 2.45) is 5.92 Å². The van der Waals surface area contributed by atoms with E-state index in [1.54, 1.807) is 12.4 Å². The molecule has 2 aliphatic rings. The zero-order chi connectivity index (χ0) is 17.1. The van der Waals surface area contributed by atoms with Crippen LogP contribution in [0.3, 0.4) is 0 Å². The number of nitrogens with one attached hydrogen (secondary N) is 1. The fraction of sp³-hybridized carbons (Fsp3) is 0.500. The molecule has 3 heterocycles. The third kappa shape index (κ3) is 4.17. The lowest BCUT2D eigenvalue weighted by Crippen LogP contribution is -2.43. The minimum Gasteiger partial charge on any atom is -0.375 e. The summed E-state index contributed by atoms with van der Waals surface area (Å²) in [5, 5.41) is 3.08. The zero-order valence-electron chi connectivity index (χ0n) is 14.2. The molecule has 7 nitrogen and oxygen atoms in total. The Hall–Kier alpha value is -2.41. The van der Waals surface area contributed by atoms with Crippen molar-refractivity contribution in [1.82, 2.24) is 24.8 Å². The van der Waals surface area contributed by atoms with E-state index in [4.69, 9.17) is 4.74 Å². The van der Waals surface area contributed by atoms with Crippen LogP contribution < -0.4 is 5.32 Å². The van der Waals surface area contributed by atoms with E-state index in [1.807, 2.05) is 29.3 Å². The number of carbonyl (C=O) groups excluding carboxylic acids is 1. The minimum absolute atomic E-state index is 0.00803. The van der Waals surface area contributed by atoms with E-state index in [2.05, 4.69) is 19.9 Å². The standard InChI is InChI=1S/C18H23N5O2/c24-18(21-15-4-5-15)23-10-14(9-22-8-7-20-17(22)11-23)12-25-13-16-3-1-2-6-19-16/h1-3,6-8,14-15H,4-5,9-13H2,(H,21,24). The highest BCUT2D eigenvalue weighted by molar-refractivity contribution is 5.74. The van der Waals surface area contributed by atoms with Gasteiger partial charge in [0.25, 0.3) is 0 Å². The summed E-state index contributed by atoms with van der Waals surface area (Å²) in [6.07, 6.45) is 7.72. The number of amides is 2. The number of urea groups is 1. The van der Waals surface area contributed by atoms with Gasteiger partial charge in [0.15, 0.2) is 0 Å². The number of carbonyl (C=O) groups is 1. The second kappa shape index (κ2) is 7.23. The van der Waals surface area contributed by atoms with Crippen LogP contribution in [-0.2, 0) is 24.4 Å². The van der Waals surface area contributed by atoms with Crippen molar-refractivity contribution < 1.29 is 9.53 Å². The Balaban J connectivity index is 1.38. The first-order valence-electron chi connectivity index (χ1n) is 8.81. The molecule has 0 spiro atoms. The SMILES string of the molecule is O=C(NC1CC1)N1Cc2nccn2CC(COCc2ccccn2)C1. The molecule has 1 aliphatic carbocycles. The van der Waals surface area contributed by atoms with Gasteiger partial charge in [-0.15, -0.1) is 0 Å². The van der Waals surface area contributed by atoms with Gasteiger partial charge in [-0.1, -0.05) is 6.07 Å². The molecule has 4 rings (SSSR count). The number of hydrogen-bond donors (Lipinski definition) is 1. The highest BCUT2D eigenvalue weighted by Crippen LogP contribution is 2.21. The van der Waals surface area contributed by atoms with Gasteiger partial charge in [-0.2, -0.15) is 0 Å². The molecule has 132 valence electrons. The fourth-order valence-corrected chi connectivity index (χ4v) is 3.11. The van der Waals surface area contributed by atoms with E-state index in [0.29, 0.717) is 32.3 Å². The summed E-state index contributed by atoms with van der Waals surface area (Å²) >= 11 is 0. The average molecular weight is 341 g/mol. The van der Waals surface area contributed by atoms with E-state index in [0.717, 1.165) is 30.9 Å². The molecule has 1 saturated carbocycles. The molecule has 1 N–H and O–H groups in total. The fourth-order valence-electron chi connectivity index (χ4n) is 3.11. The normalized spacial score (nSPS) is 20.0. The van der Waals surface area contributed by atoms with Crippen LogP contribution in [0, 0.1) is 5.92 Å². The maximum Gasteiger partial charge on any atom is 0.318 e. The van der Waals surface area contributed by atoms with Crippen LogP contribution in [0.15, 0.2) is 36.8 Å². The molecule has 0 bridgehead atoms. The van der Waals surface area contributed by atoms with Gasteiger partial charge in [0, 0.05) is 43.6 Å². The maximum atomic E-state index is 12.5. The lowest BCUT2D eigenvalue weighted by atomic mass is 10.1. The second-order valence-corrected chi connectivity index (χ2v) is 6.80. The van der Waals surface area contributed by atoms with Crippen LogP contribution in [0.5, 0.6) is 0 Å². The van der Waals surface area contributed by atoms with Crippen molar-refractivity contribution in [1.29, 1.82) is 0 Å². The van der Waals surface area contributed by atoms with Crippen molar-refractivity contribution in [3.05, 3.63) is 48.3 Å². The van der Waals surface area contributed by atoms with Crippen molar-refractivity contribution in [2.45, 2.75) is 38.6 Å². The number of rotatable bonds is 5. The number of aromatic nitrogens is 3. The zero-order valence-corrected chi connectivity index (χ0v) is 14.2. The number of nitrogens with zero attached hydrogens (tertiary/aromatic N) is 4. The molecule has 2 amide bonds. The Bertz CT molecular complexity index is 713. The average Bonchev–Trinajstić information content (AvgIpc) is 3.37. The van der Waals surface area contributed by atoms with Crippen molar-refractivity contribution in [3.63, 3.8) is 0 Å².